The summed E-state index contributed by atoms with van der Waals surface area (Å²) in [6.45, 7) is 3.26. The Kier molecular flexibility index (Phi) is 8.63. The first-order chi connectivity index (χ1) is 15.8. The van der Waals surface area contributed by atoms with Crippen LogP contribution >= 0.6 is 0 Å². The number of aryl methyl sites for hydroxylation is 1. The average Bonchev–Trinajstić information content (AvgIpc) is 2.84. The zero-order valence-electron chi connectivity index (χ0n) is 19.3. The Morgan fingerprint density at radius 3 is 2.27 bits per heavy atom. The summed E-state index contributed by atoms with van der Waals surface area (Å²) < 4.78 is 32.3. The van der Waals surface area contributed by atoms with Crippen LogP contribution in [0.1, 0.15) is 42.1 Å². The van der Waals surface area contributed by atoms with Gasteiger partial charge < -0.3 is 9.64 Å². The van der Waals surface area contributed by atoms with E-state index >= 15 is 0 Å². The Balaban J connectivity index is 1.50. The van der Waals surface area contributed by atoms with Crippen molar-refractivity contribution in [2.45, 2.75) is 37.5 Å². The lowest BCUT2D eigenvalue weighted by Crippen LogP contribution is -2.43. The van der Waals surface area contributed by atoms with Crippen LogP contribution in [0.2, 0.25) is 0 Å². The number of rotatable bonds is 9. The topological polar surface area (TPSA) is 84.0 Å². The second-order valence-corrected chi connectivity index (χ2v) is 10.2. The van der Waals surface area contributed by atoms with Crippen molar-refractivity contribution in [3.05, 3.63) is 65.7 Å². The summed E-state index contributed by atoms with van der Waals surface area (Å²) in [6, 6.07) is 16.0. The Bertz CT molecular complexity index is 1030. The van der Waals surface area contributed by atoms with Gasteiger partial charge in [-0.05, 0) is 62.4 Å². The number of ether oxygens (including phenoxy) is 1. The van der Waals surface area contributed by atoms with Gasteiger partial charge in [-0.25, -0.2) is 13.2 Å². The van der Waals surface area contributed by atoms with Crippen molar-refractivity contribution in [1.29, 1.82) is 0 Å². The lowest BCUT2D eigenvalue weighted by molar-refractivity contribution is -0.135. The van der Waals surface area contributed by atoms with Crippen LogP contribution in [-0.4, -0.2) is 62.8 Å². The molecule has 1 saturated heterocycles. The SMILES string of the molecule is CCOC(=O)c1ccc(S(=O)(=O)N2CCC(C(=O)N(C)CCCc3ccccc3)CC2)cc1. The van der Waals surface area contributed by atoms with Gasteiger partial charge in [-0.2, -0.15) is 4.31 Å². The normalized spacial score (nSPS) is 15.2. The van der Waals surface area contributed by atoms with Gasteiger partial charge in [0.05, 0.1) is 17.1 Å². The van der Waals surface area contributed by atoms with Gasteiger partial charge in [0, 0.05) is 32.6 Å². The molecule has 1 aliphatic heterocycles. The molecule has 8 heteroatoms. The summed E-state index contributed by atoms with van der Waals surface area (Å²) in [4.78, 5) is 26.5. The van der Waals surface area contributed by atoms with Crippen molar-refractivity contribution >= 4 is 21.9 Å². The maximum Gasteiger partial charge on any atom is 0.338 e. The summed E-state index contributed by atoms with van der Waals surface area (Å²) in [7, 11) is -1.85. The van der Waals surface area contributed by atoms with E-state index in [1.807, 2.05) is 25.2 Å². The molecule has 0 aliphatic carbocycles. The van der Waals surface area contributed by atoms with E-state index in [1.165, 1.54) is 34.1 Å². The quantitative estimate of drug-likeness (QED) is 0.523. The molecule has 2 aromatic carbocycles. The summed E-state index contributed by atoms with van der Waals surface area (Å²) in [6.07, 6.45) is 2.81. The molecule has 0 radical (unpaired) electrons. The molecular formula is C25H32N2O5S. The van der Waals surface area contributed by atoms with Crippen LogP contribution < -0.4 is 0 Å². The molecule has 0 N–H and O–H groups in total. The number of carbonyl (C=O) groups is 2. The molecule has 1 fully saturated rings. The van der Waals surface area contributed by atoms with Crippen LogP contribution in [0.3, 0.4) is 0 Å². The van der Waals surface area contributed by atoms with Gasteiger partial charge in [0.15, 0.2) is 0 Å². The molecule has 0 aromatic heterocycles. The Morgan fingerprint density at radius 2 is 1.67 bits per heavy atom. The zero-order chi connectivity index (χ0) is 23.8. The molecule has 1 amide bonds. The van der Waals surface area contributed by atoms with Crippen LogP contribution in [0.5, 0.6) is 0 Å². The third kappa shape index (κ3) is 6.42. The fourth-order valence-electron chi connectivity index (χ4n) is 4.06. The minimum absolute atomic E-state index is 0.0823. The largest absolute Gasteiger partial charge is 0.462 e. The molecular weight excluding hydrogens is 440 g/mol. The summed E-state index contributed by atoms with van der Waals surface area (Å²) >= 11 is 0. The number of sulfonamides is 1. The third-order valence-corrected chi connectivity index (χ3v) is 7.90. The minimum atomic E-state index is -3.67. The van der Waals surface area contributed by atoms with E-state index < -0.39 is 16.0 Å². The Morgan fingerprint density at radius 1 is 1.03 bits per heavy atom. The summed E-state index contributed by atoms with van der Waals surface area (Å²) in [5, 5.41) is 0. The molecule has 0 saturated carbocycles. The van der Waals surface area contributed by atoms with E-state index in [2.05, 4.69) is 12.1 Å². The fourth-order valence-corrected chi connectivity index (χ4v) is 5.53. The van der Waals surface area contributed by atoms with Gasteiger partial charge >= 0.3 is 5.97 Å². The van der Waals surface area contributed by atoms with E-state index in [4.69, 9.17) is 4.74 Å². The van der Waals surface area contributed by atoms with E-state index in [1.54, 1.807) is 11.8 Å². The monoisotopic (exact) mass is 472 g/mol. The Hall–Kier alpha value is -2.71. The highest BCUT2D eigenvalue weighted by Crippen LogP contribution is 2.25. The Labute approximate surface area is 196 Å². The predicted molar refractivity (Wildman–Crippen MR) is 126 cm³/mol. The van der Waals surface area contributed by atoms with Crippen molar-refractivity contribution in [3.63, 3.8) is 0 Å². The fraction of sp³-hybridized carbons (Fsp3) is 0.440. The lowest BCUT2D eigenvalue weighted by Gasteiger charge is -2.32. The highest BCUT2D eigenvalue weighted by atomic mass is 32.2. The number of hydrogen-bond donors (Lipinski definition) is 0. The van der Waals surface area contributed by atoms with Crippen molar-refractivity contribution in [1.82, 2.24) is 9.21 Å². The van der Waals surface area contributed by atoms with Gasteiger partial charge in [-0.1, -0.05) is 30.3 Å². The van der Waals surface area contributed by atoms with Gasteiger partial charge in [0.1, 0.15) is 0 Å². The van der Waals surface area contributed by atoms with Gasteiger partial charge in [-0.3, -0.25) is 4.79 Å². The molecule has 33 heavy (non-hydrogen) atoms. The average molecular weight is 473 g/mol. The van der Waals surface area contributed by atoms with Crippen LogP contribution in [0.25, 0.3) is 0 Å². The number of piperidine rings is 1. The number of benzene rings is 2. The molecule has 178 valence electrons. The van der Waals surface area contributed by atoms with E-state index in [-0.39, 0.29) is 23.3 Å². The zero-order valence-corrected chi connectivity index (χ0v) is 20.1. The second-order valence-electron chi connectivity index (χ2n) is 8.27. The minimum Gasteiger partial charge on any atom is -0.462 e. The number of hydrogen-bond acceptors (Lipinski definition) is 5. The molecule has 2 aromatic rings. The molecule has 0 bridgehead atoms. The maximum atomic E-state index is 13.0. The maximum absolute atomic E-state index is 13.0. The van der Waals surface area contributed by atoms with E-state index in [0.29, 0.717) is 38.0 Å². The van der Waals surface area contributed by atoms with Gasteiger partial charge in [0.25, 0.3) is 0 Å². The first-order valence-electron chi connectivity index (χ1n) is 11.4. The number of esters is 1. The van der Waals surface area contributed by atoms with Crippen LogP contribution in [-0.2, 0) is 26.0 Å². The molecule has 1 heterocycles. The van der Waals surface area contributed by atoms with Gasteiger partial charge in [-0.15, -0.1) is 0 Å². The standard InChI is InChI=1S/C25H32N2O5S/c1-3-32-25(29)22-11-13-23(14-12-22)33(30,31)27-18-15-21(16-19-27)24(28)26(2)17-7-10-20-8-5-4-6-9-20/h4-6,8-9,11-14,21H,3,7,10,15-19H2,1-2H3. The van der Waals surface area contributed by atoms with E-state index in [9.17, 15) is 18.0 Å². The highest BCUT2D eigenvalue weighted by Gasteiger charge is 2.33. The highest BCUT2D eigenvalue weighted by molar-refractivity contribution is 7.89. The number of amides is 1. The predicted octanol–water partition coefficient (Wildman–Crippen LogP) is 3.36. The van der Waals surface area contributed by atoms with Crippen molar-refractivity contribution < 1.29 is 22.7 Å². The number of nitrogens with zero attached hydrogens (tertiary/aromatic N) is 2. The third-order valence-electron chi connectivity index (χ3n) is 5.98. The first kappa shape index (κ1) is 24.9. The molecule has 0 unspecified atom stereocenters. The smallest absolute Gasteiger partial charge is 0.338 e. The van der Waals surface area contributed by atoms with Crippen molar-refractivity contribution in [2.24, 2.45) is 5.92 Å². The first-order valence-corrected chi connectivity index (χ1v) is 12.8. The van der Waals surface area contributed by atoms with Crippen LogP contribution in [0.4, 0.5) is 0 Å². The van der Waals surface area contributed by atoms with Crippen LogP contribution in [0, 0.1) is 5.92 Å². The molecule has 3 rings (SSSR count). The van der Waals surface area contributed by atoms with Gasteiger partial charge in [0.2, 0.25) is 15.9 Å². The van der Waals surface area contributed by atoms with Crippen LogP contribution in [0.15, 0.2) is 59.5 Å². The lowest BCUT2D eigenvalue weighted by atomic mass is 9.96. The summed E-state index contributed by atoms with van der Waals surface area (Å²) in [5.74, 6) is -0.558. The van der Waals surface area contributed by atoms with Crippen molar-refractivity contribution in [2.75, 3.05) is 33.3 Å². The summed E-state index contributed by atoms with van der Waals surface area (Å²) in [5.41, 5.74) is 1.57. The second kappa shape index (κ2) is 11.4. The number of carbonyl (C=O) groups excluding carboxylic acids is 2. The molecule has 7 nitrogen and oxygen atoms in total. The van der Waals surface area contributed by atoms with E-state index in [0.717, 1.165) is 12.8 Å². The molecule has 1 aliphatic rings. The molecule has 0 spiro atoms. The molecule has 0 atom stereocenters. The van der Waals surface area contributed by atoms with Crippen molar-refractivity contribution in [3.8, 4) is 0 Å².